The third kappa shape index (κ3) is 4.06. The van der Waals surface area contributed by atoms with Crippen LogP contribution in [0, 0.1) is 0 Å². The molecule has 110 valence electrons. The molecule has 0 aliphatic carbocycles. The monoisotopic (exact) mass is 276 g/mol. The van der Waals surface area contributed by atoms with Gasteiger partial charge in [-0.1, -0.05) is 31.2 Å². The number of benzene rings is 1. The van der Waals surface area contributed by atoms with Crippen LogP contribution in [0.2, 0.25) is 0 Å². The highest BCUT2D eigenvalue weighted by Crippen LogP contribution is 2.17. The van der Waals surface area contributed by atoms with Crippen LogP contribution in [-0.4, -0.2) is 59.7 Å². The second-order valence-electron chi connectivity index (χ2n) is 5.70. The molecule has 0 amide bonds. The van der Waals surface area contributed by atoms with E-state index < -0.39 is 7.12 Å². The summed E-state index contributed by atoms with van der Waals surface area (Å²) in [6.45, 7) is 6.68. The quantitative estimate of drug-likeness (QED) is 0.759. The smallest absolute Gasteiger partial charge is 0.423 e. The topological polar surface area (TPSA) is 46.9 Å². The van der Waals surface area contributed by atoms with Gasteiger partial charge >= 0.3 is 7.12 Å². The van der Waals surface area contributed by atoms with Crippen molar-refractivity contribution in [1.82, 2.24) is 9.80 Å². The zero-order chi connectivity index (χ0) is 14.5. The van der Waals surface area contributed by atoms with Gasteiger partial charge < -0.3 is 14.9 Å². The van der Waals surface area contributed by atoms with Gasteiger partial charge in [0.1, 0.15) is 0 Å². The van der Waals surface area contributed by atoms with E-state index in [0.29, 0.717) is 11.5 Å². The van der Waals surface area contributed by atoms with Gasteiger partial charge in [0.2, 0.25) is 0 Å². The summed E-state index contributed by atoms with van der Waals surface area (Å²) in [6, 6.07) is 8.18. The van der Waals surface area contributed by atoms with Gasteiger partial charge in [0.05, 0.1) is 0 Å². The van der Waals surface area contributed by atoms with Crippen molar-refractivity contribution in [2.24, 2.45) is 0 Å². The Morgan fingerprint density at radius 2 is 1.80 bits per heavy atom. The van der Waals surface area contributed by atoms with Gasteiger partial charge in [0.15, 0.2) is 0 Å². The normalized spacial score (nSPS) is 17.6. The fourth-order valence-electron chi connectivity index (χ4n) is 2.89. The van der Waals surface area contributed by atoms with Crippen molar-refractivity contribution >= 4 is 12.6 Å². The summed E-state index contributed by atoms with van der Waals surface area (Å²) in [6.07, 6.45) is 2.47. The molecule has 0 aromatic heterocycles. The van der Waals surface area contributed by atoms with Gasteiger partial charge in [-0.25, -0.2) is 0 Å². The molecule has 0 atom stereocenters. The molecule has 1 aromatic carbocycles. The highest BCUT2D eigenvalue weighted by atomic mass is 16.4. The number of hydrogen-bond donors (Lipinski definition) is 2. The predicted molar refractivity (Wildman–Crippen MR) is 82.9 cm³/mol. The molecule has 20 heavy (non-hydrogen) atoms. The van der Waals surface area contributed by atoms with Crippen molar-refractivity contribution in [1.29, 1.82) is 0 Å². The van der Waals surface area contributed by atoms with E-state index in [1.165, 1.54) is 31.5 Å². The van der Waals surface area contributed by atoms with E-state index in [1.54, 1.807) is 12.1 Å². The van der Waals surface area contributed by atoms with Crippen molar-refractivity contribution in [2.45, 2.75) is 32.4 Å². The summed E-state index contributed by atoms with van der Waals surface area (Å²) >= 11 is 0. The molecule has 0 radical (unpaired) electrons. The summed E-state index contributed by atoms with van der Waals surface area (Å²) in [4.78, 5) is 4.92. The number of rotatable bonds is 5. The minimum atomic E-state index is -1.37. The molecule has 2 rings (SSSR count). The average molecular weight is 276 g/mol. The minimum Gasteiger partial charge on any atom is -0.423 e. The Hall–Kier alpha value is -0.875. The second-order valence-corrected chi connectivity index (χ2v) is 5.70. The Morgan fingerprint density at radius 1 is 1.20 bits per heavy atom. The van der Waals surface area contributed by atoms with Crippen molar-refractivity contribution in [2.75, 3.05) is 26.7 Å². The summed E-state index contributed by atoms with van der Waals surface area (Å²) in [5.41, 5.74) is 1.77. The fraction of sp³-hybridized carbons (Fsp3) is 0.600. The molecular formula is C15H25BN2O2. The molecule has 1 aliphatic rings. The molecule has 0 saturated carbocycles. The Labute approximate surface area is 122 Å². The van der Waals surface area contributed by atoms with E-state index in [0.717, 1.165) is 13.1 Å². The van der Waals surface area contributed by atoms with Crippen molar-refractivity contribution in [3.63, 3.8) is 0 Å². The maximum Gasteiger partial charge on any atom is 0.488 e. The standard InChI is InChI=1S/C15H25BN2O2/c1-3-18-10-8-15(9-11-18)17(2)12-13-4-6-14(7-5-13)16(19)20/h4-7,15,19-20H,3,8-12H2,1-2H3. The Kier molecular flexibility index (Phi) is 5.60. The molecule has 1 aliphatic heterocycles. The lowest BCUT2D eigenvalue weighted by Crippen LogP contribution is -2.42. The summed E-state index contributed by atoms with van der Waals surface area (Å²) in [5.74, 6) is 0. The molecule has 0 bridgehead atoms. The lowest BCUT2D eigenvalue weighted by atomic mass is 9.80. The number of likely N-dealkylation sites (tertiary alicyclic amines) is 1. The van der Waals surface area contributed by atoms with Gasteiger partial charge in [-0.3, -0.25) is 4.90 Å². The summed E-state index contributed by atoms with van der Waals surface area (Å²) in [5, 5.41) is 18.2. The Balaban J connectivity index is 1.86. The SMILES string of the molecule is CCN1CCC(N(C)Cc2ccc(B(O)O)cc2)CC1. The van der Waals surface area contributed by atoms with E-state index >= 15 is 0 Å². The zero-order valence-electron chi connectivity index (χ0n) is 12.5. The van der Waals surface area contributed by atoms with Gasteiger partial charge in [-0.2, -0.15) is 0 Å². The van der Waals surface area contributed by atoms with E-state index in [4.69, 9.17) is 10.0 Å². The van der Waals surface area contributed by atoms with Crippen LogP contribution in [0.15, 0.2) is 24.3 Å². The third-order valence-electron chi connectivity index (χ3n) is 4.34. The van der Waals surface area contributed by atoms with Gasteiger partial charge in [0, 0.05) is 12.6 Å². The summed E-state index contributed by atoms with van der Waals surface area (Å²) in [7, 11) is 0.807. The Morgan fingerprint density at radius 3 is 2.30 bits per heavy atom. The van der Waals surface area contributed by atoms with E-state index in [2.05, 4.69) is 23.8 Å². The molecule has 1 fully saturated rings. The first-order chi connectivity index (χ1) is 9.60. The van der Waals surface area contributed by atoms with Crippen LogP contribution in [-0.2, 0) is 6.54 Å². The molecule has 1 aromatic rings. The molecule has 4 nitrogen and oxygen atoms in total. The Bertz CT molecular complexity index is 403. The van der Waals surface area contributed by atoms with Crippen LogP contribution in [0.25, 0.3) is 0 Å². The minimum absolute atomic E-state index is 0.549. The van der Waals surface area contributed by atoms with E-state index in [-0.39, 0.29) is 0 Å². The van der Waals surface area contributed by atoms with Gasteiger partial charge in [0.25, 0.3) is 0 Å². The fourth-order valence-corrected chi connectivity index (χ4v) is 2.89. The van der Waals surface area contributed by atoms with Crippen LogP contribution in [0.3, 0.4) is 0 Å². The van der Waals surface area contributed by atoms with Crippen LogP contribution in [0.4, 0.5) is 0 Å². The van der Waals surface area contributed by atoms with Crippen LogP contribution in [0.5, 0.6) is 0 Å². The molecule has 1 heterocycles. The van der Waals surface area contributed by atoms with Gasteiger partial charge in [-0.05, 0) is 50.5 Å². The second kappa shape index (κ2) is 7.22. The lowest BCUT2D eigenvalue weighted by molar-refractivity contribution is 0.127. The number of piperidine rings is 1. The maximum atomic E-state index is 9.09. The molecular weight excluding hydrogens is 251 g/mol. The third-order valence-corrected chi connectivity index (χ3v) is 4.34. The van der Waals surface area contributed by atoms with Crippen LogP contribution < -0.4 is 5.46 Å². The maximum absolute atomic E-state index is 9.09. The average Bonchev–Trinajstić information content (AvgIpc) is 2.48. The van der Waals surface area contributed by atoms with Crippen molar-refractivity contribution in [3.05, 3.63) is 29.8 Å². The first-order valence-electron chi connectivity index (χ1n) is 7.47. The van der Waals surface area contributed by atoms with Crippen molar-refractivity contribution in [3.8, 4) is 0 Å². The lowest BCUT2D eigenvalue weighted by Gasteiger charge is -2.36. The zero-order valence-corrected chi connectivity index (χ0v) is 12.5. The predicted octanol–water partition coefficient (Wildman–Crippen LogP) is 0.283. The van der Waals surface area contributed by atoms with Gasteiger partial charge in [-0.15, -0.1) is 0 Å². The number of hydrogen-bond acceptors (Lipinski definition) is 4. The van der Waals surface area contributed by atoms with E-state index in [9.17, 15) is 0 Å². The first-order valence-corrected chi connectivity index (χ1v) is 7.47. The van der Waals surface area contributed by atoms with Crippen molar-refractivity contribution < 1.29 is 10.0 Å². The van der Waals surface area contributed by atoms with E-state index in [1.807, 2.05) is 12.1 Å². The molecule has 0 unspecified atom stereocenters. The molecule has 5 heteroatoms. The molecule has 1 saturated heterocycles. The van der Waals surface area contributed by atoms with Crippen LogP contribution >= 0.6 is 0 Å². The largest absolute Gasteiger partial charge is 0.488 e. The highest BCUT2D eigenvalue weighted by molar-refractivity contribution is 6.58. The molecule has 0 spiro atoms. The number of nitrogens with zero attached hydrogens (tertiary/aromatic N) is 2. The first kappa shape index (κ1) is 15.5. The highest BCUT2D eigenvalue weighted by Gasteiger charge is 2.21. The molecule has 2 N–H and O–H groups in total. The van der Waals surface area contributed by atoms with Crippen LogP contribution in [0.1, 0.15) is 25.3 Å². The summed E-state index contributed by atoms with van der Waals surface area (Å²) < 4.78 is 0.